The number of rotatable bonds is 5. The summed E-state index contributed by atoms with van der Waals surface area (Å²) in [4.78, 5) is 12.0. The van der Waals surface area contributed by atoms with Gasteiger partial charge in [-0.25, -0.2) is 8.42 Å². The van der Waals surface area contributed by atoms with E-state index in [-0.39, 0.29) is 5.91 Å². The number of sulfonamides is 1. The van der Waals surface area contributed by atoms with Crippen molar-refractivity contribution in [3.63, 3.8) is 0 Å². The highest BCUT2D eigenvalue weighted by Crippen LogP contribution is 2.20. The molecule has 1 aromatic rings. The van der Waals surface area contributed by atoms with Crippen molar-refractivity contribution < 1.29 is 13.2 Å². The van der Waals surface area contributed by atoms with Crippen LogP contribution in [0.4, 0.5) is 0 Å². The summed E-state index contributed by atoms with van der Waals surface area (Å²) in [5.74, 6) is -0.248. The molecule has 0 bridgehead atoms. The molecule has 1 saturated heterocycles. The van der Waals surface area contributed by atoms with Crippen LogP contribution in [0.15, 0.2) is 29.2 Å². The number of nitrogens with one attached hydrogen (secondary N) is 1. The highest BCUT2D eigenvalue weighted by atomic mass is 32.2. The average molecular weight is 339 g/mol. The molecule has 3 N–H and O–H groups in total. The lowest BCUT2D eigenvalue weighted by molar-refractivity contribution is -0.125. The Hall–Kier alpha value is -1.44. The van der Waals surface area contributed by atoms with Crippen LogP contribution in [0.1, 0.15) is 38.7 Å². The van der Waals surface area contributed by atoms with Crippen LogP contribution in [0.25, 0.3) is 0 Å². The molecule has 128 valence electrons. The summed E-state index contributed by atoms with van der Waals surface area (Å²) in [5, 5.41) is 2.74. The molecular weight excluding hydrogens is 314 g/mol. The van der Waals surface area contributed by atoms with Gasteiger partial charge in [0.25, 0.3) is 0 Å². The maximum Gasteiger partial charge on any atom is 0.243 e. The fourth-order valence-corrected chi connectivity index (χ4v) is 3.96. The smallest absolute Gasteiger partial charge is 0.243 e. The van der Waals surface area contributed by atoms with E-state index in [4.69, 9.17) is 5.73 Å². The number of hydrogen-bond donors (Lipinski definition) is 2. The molecule has 1 amide bonds. The maximum absolute atomic E-state index is 12.5. The monoisotopic (exact) mass is 339 g/mol. The van der Waals surface area contributed by atoms with Crippen LogP contribution in [0.2, 0.25) is 0 Å². The average Bonchev–Trinajstić information content (AvgIpc) is 2.53. The predicted molar refractivity (Wildman–Crippen MR) is 89.2 cm³/mol. The summed E-state index contributed by atoms with van der Waals surface area (Å²) in [7, 11) is -3.41. The minimum absolute atomic E-state index is 0.248. The molecule has 0 atom stereocenters. The van der Waals surface area contributed by atoms with E-state index >= 15 is 0 Å². The lowest BCUT2D eigenvalue weighted by Crippen LogP contribution is -2.48. The van der Waals surface area contributed by atoms with Crippen molar-refractivity contribution in [2.24, 2.45) is 5.73 Å². The predicted octanol–water partition coefficient (Wildman–Crippen LogP) is 1.21. The van der Waals surface area contributed by atoms with Crippen LogP contribution in [0.5, 0.6) is 0 Å². The highest BCUT2D eigenvalue weighted by Gasteiger charge is 2.26. The van der Waals surface area contributed by atoms with Crippen LogP contribution in [-0.2, 0) is 21.4 Å². The molecule has 23 heavy (non-hydrogen) atoms. The number of amides is 1. The molecule has 0 radical (unpaired) electrons. The normalized spacial score (nSPS) is 17.0. The molecule has 1 aliphatic rings. The van der Waals surface area contributed by atoms with Gasteiger partial charge in [-0.3, -0.25) is 4.79 Å². The van der Waals surface area contributed by atoms with E-state index in [1.165, 1.54) is 0 Å². The van der Waals surface area contributed by atoms with Gasteiger partial charge in [0, 0.05) is 19.6 Å². The summed E-state index contributed by atoms with van der Waals surface area (Å²) in [6.45, 7) is 4.77. The van der Waals surface area contributed by atoms with Crippen molar-refractivity contribution in [1.82, 2.24) is 9.62 Å². The summed E-state index contributed by atoms with van der Waals surface area (Å²) in [5.41, 5.74) is 5.61. The van der Waals surface area contributed by atoms with E-state index in [0.717, 1.165) is 24.8 Å². The van der Waals surface area contributed by atoms with Gasteiger partial charge in [-0.2, -0.15) is 4.31 Å². The minimum Gasteiger partial charge on any atom is -0.350 e. The van der Waals surface area contributed by atoms with E-state index in [1.54, 1.807) is 42.4 Å². The lowest BCUT2D eigenvalue weighted by atomic mass is 10.1. The molecule has 0 aliphatic carbocycles. The third-order valence-corrected chi connectivity index (χ3v) is 5.83. The van der Waals surface area contributed by atoms with Gasteiger partial charge in [0.1, 0.15) is 0 Å². The number of hydrogen-bond acceptors (Lipinski definition) is 4. The Kier molecular flexibility index (Phi) is 5.44. The number of nitrogens with zero attached hydrogens (tertiary/aromatic N) is 1. The summed E-state index contributed by atoms with van der Waals surface area (Å²) in [6.07, 6.45) is 2.92. The first-order valence-corrected chi connectivity index (χ1v) is 9.31. The summed E-state index contributed by atoms with van der Waals surface area (Å²) in [6, 6.07) is 6.64. The zero-order valence-electron chi connectivity index (χ0n) is 13.7. The van der Waals surface area contributed by atoms with Crippen molar-refractivity contribution in [2.75, 3.05) is 13.1 Å². The fraction of sp³-hybridized carbons (Fsp3) is 0.562. The number of carbonyl (C=O) groups is 1. The minimum atomic E-state index is -3.41. The van der Waals surface area contributed by atoms with Crippen LogP contribution in [0, 0.1) is 0 Å². The number of benzene rings is 1. The first-order valence-electron chi connectivity index (χ1n) is 7.87. The molecule has 1 heterocycles. The molecule has 1 aromatic carbocycles. The Morgan fingerprint density at radius 3 is 2.26 bits per heavy atom. The van der Waals surface area contributed by atoms with Crippen molar-refractivity contribution in [3.05, 3.63) is 29.8 Å². The van der Waals surface area contributed by atoms with Crippen LogP contribution in [-0.4, -0.2) is 37.3 Å². The van der Waals surface area contributed by atoms with Crippen LogP contribution >= 0.6 is 0 Å². The quantitative estimate of drug-likeness (QED) is 0.843. The molecule has 1 fully saturated rings. The Bertz CT molecular complexity index is 642. The van der Waals surface area contributed by atoms with Gasteiger partial charge >= 0.3 is 0 Å². The van der Waals surface area contributed by atoms with Gasteiger partial charge in [0.05, 0.1) is 10.4 Å². The van der Waals surface area contributed by atoms with E-state index < -0.39 is 15.6 Å². The maximum atomic E-state index is 12.5. The SMILES string of the molecule is CC(C)(N)C(=O)NCc1ccc(S(=O)(=O)N2CCCCC2)cc1. The standard InChI is InChI=1S/C16H25N3O3S/c1-16(2,17)15(20)18-12-13-6-8-14(9-7-13)23(21,22)19-10-4-3-5-11-19/h6-9H,3-5,10-12,17H2,1-2H3,(H,18,20). The highest BCUT2D eigenvalue weighted by molar-refractivity contribution is 7.89. The topological polar surface area (TPSA) is 92.5 Å². The third kappa shape index (κ3) is 4.53. The summed E-state index contributed by atoms with van der Waals surface area (Å²) < 4.78 is 26.6. The van der Waals surface area contributed by atoms with Crippen LogP contribution in [0.3, 0.4) is 0 Å². The van der Waals surface area contributed by atoms with Gasteiger partial charge in [0.15, 0.2) is 0 Å². The van der Waals surface area contributed by atoms with E-state index in [9.17, 15) is 13.2 Å². The first kappa shape index (κ1) is 17.9. The molecule has 2 rings (SSSR count). The van der Waals surface area contributed by atoms with Gasteiger partial charge in [-0.1, -0.05) is 18.6 Å². The molecule has 0 aromatic heterocycles. The van der Waals surface area contributed by atoms with E-state index in [2.05, 4.69) is 5.32 Å². The lowest BCUT2D eigenvalue weighted by Gasteiger charge is -2.25. The zero-order valence-corrected chi connectivity index (χ0v) is 14.5. The second-order valence-electron chi connectivity index (χ2n) is 6.51. The van der Waals surface area contributed by atoms with Crippen molar-refractivity contribution in [3.8, 4) is 0 Å². The van der Waals surface area contributed by atoms with Crippen LogP contribution < -0.4 is 11.1 Å². The first-order chi connectivity index (χ1) is 10.7. The number of carbonyl (C=O) groups excluding carboxylic acids is 1. The number of nitrogens with two attached hydrogens (primary N) is 1. The molecule has 7 heteroatoms. The molecule has 0 unspecified atom stereocenters. The van der Waals surface area contributed by atoms with Gasteiger partial charge in [-0.05, 0) is 44.4 Å². The van der Waals surface area contributed by atoms with Gasteiger partial charge < -0.3 is 11.1 Å². The van der Waals surface area contributed by atoms with Crippen molar-refractivity contribution >= 4 is 15.9 Å². The Labute approximate surface area is 138 Å². The Morgan fingerprint density at radius 1 is 1.17 bits per heavy atom. The Balaban J connectivity index is 2.03. The second kappa shape index (κ2) is 6.98. The molecule has 0 saturated carbocycles. The largest absolute Gasteiger partial charge is 0.350 e. The molecule has 0 spiro atoms. The van der Waals surface area contributed by atoms with Gasteiger partial charge in [0.2, 0.25) is 15.9 Å². The van der Waals surface area contributed by atoms with E-state index in [1.807, 2.05) is 0 Å². The second-order valence-corrected chi connectivity index (χ2v) is 8.45. The summed E-state index contributed by atoms with van der Waals surface area (Å²) >= 11 is 0. The van der Waals surface area contributed by atoms with Crippen molar-refractivity contribution in [2.45, 2.75) is 50.1 Å². The molecule has 1 aliphatic heterocycles. The number of piperidine rings is 1. The zero-order chi connectivity index (χ0) is 17.1. The third-order valence-electron chi connectivity index (χ3n) is 3.91. The molecule has 6 nitrogen and oxygen atoms in total. The Morgan fingerprint density at radius 2 is 1.74 bits per heavy atom. The van der Waals surface area contributed by atoms with Gasteiger partial charge in [-0.15, -0.1) is 0 Å². The van der Waals surface area contributed by atoms with E-state index in [0.29, 0.717) is 24.5 Å². The van der Waals surface area contributed by atoms with Crippen molar-refractivity contribution in [1.29, 1.82) is 0 Å². The molecular formula is C16H25N3O3S. The fourth-order valence-electron chi connectivity index (χ4n) is 2.44.